The molecule has 3 unspecified atom stereocenters. The molecular weight excluding hydrogens is 536 g/mol. The second kappa shape index (κ2) is 10.2. The summed E-state index contributed by atoms with van der Waals surface area (Å²) in [5.41, 5.74) is 6.09. The third kappa shape index (κ3) is 5.59. The molecule has 2 aromatic rings. The van der Waals surface area contributed by atoms with Gasteiger partial charge in [0.25, 0.3) is 0 Å². The van der Waals surface area contributed by atoms with Crippen molar-refractivity contribution in [1.82, 2.24) is 19.5 Å². The van der Waals surface area contributed by atoms with Gasteiger partial charge in [0.1, 0.15) is 48.5 Å². The first-order chi connectivity index (χ1) is 16.8. The van der Waals surface area contributed by atoms with E-state index in [-0.39, 0.29) is 17.0 Å². The number of phosphoric acid groups is 2. The van der Waals surface area contributed by atoms with E-state index >= 15 is 0 Å². The number of hydrogen-bond donors (Lipinski definition) is 8. The van der Waals surface area contributed by atoms with Gasteiger partial charge in [-0.15, -0.1) is 0 Å². The SMILES string of the molecule is Nc1ncnc2c1ncn2[C@H]1O[C@@H](COP(=O)(O)OP(=O)(O)OCC2O[C@@H](O)[C@H](O)[C@H]2O)[C@H](O)[C@@H]1O. The van der Waals surface area contributed by atoms with Crippen molar-refractivity contribution in [2.45, 2.75) is 49.1 Å². The van der Waals surface area contributed by atoms with Crippen molar-refractivity contribution < 1.29 is 67.3 Å². The maximum atomic E-state index is 12.2. The Balaban J connectivity index is 1.34. The third-order valence-electron chi connectivity index (χ3n) is 5.35. The number of phosphoric ester groups is 2. The fourth-order valence-corrected chi connectivity index (χ4v) is 5.62. The lowest BCUT2D eigenvalue weighted by atomic mass is 10.1. The zero-order chi connectivity index (χ0) is 26.4. The lowest BCUT2D eigenvalue weighted by molar-refractivity contribution is -0.132. The molecular formula is C15H23N5O14P2. The van der Waals surface area contributed by atoms with Gasteiger partial charge in [-0.25, -0.2) is 24.1 Å². The molecule has 2 aliphatic heterocycles. The summed E-state index contributed by atoms with van der Waals surface area (Å²) in [6.07, 6.45) is -10.1. The fraction of sp³-hybridized carbons (Fsp3) is 0.667. The molecule has 2 aliphatic rings. The first kappa shape index (κ1) is 27.4. The van der Waals surface area contributed by atoms with E-state index in [2.05, 4.69) is 28.3 Å². The normalized spacial score (nSPS) is 36.2. The Hall–Kier alpha value is -1.67. The number of aliphatic hydroxyl groups is 5. The van der Waals surface area contributed by atoms with Crippen LogP contribution in [0.3, 0.4) is 0 Å². The number of hydrogen-bond acceptors (Lipinski definition) is 16. The predicted molar refractivity (Wildman–Crippen MR) is 111 cm³/mol. The van der Waals surface area contributed by atoms with Gasteiger partial charge in [-0.3, -0.25) is 13.6 Å². The van der Waals surface area contributed by atoms with Crippen molar-refractivity contribution in [2.75, 3.05) is 18.9 Å². The molecule has 202 valence electrons. The molecule has 4 rings (SSSR count). The molecule has 4 heterocycles. The number of fused-ring (bicyclic) bond motifs is 1. The van der Waals surface area contributed by atoms with Crippen LogP contribution < -0.4 is 5.73 Å². The van der Waals surface area contributed by atoms with Crippen LogP contribution in [0.25, 0.3) is 11.2 Å². The minimum absolute atomic E-state index is 0.0575. The fourth-order valence-electron chi connectivity index (χ4n) is 3.53. The lowest BCUT2D eigenvalue weighted by Gasteiger charge is -2.20. The molecule has 9 N–H and O–H groups in total. The van der Waals surface area contributed by atoms with E-state index in [1.807, 2.05) is 0 Å². The van der Waals surface area contributed by atoms with Crippen LogP contribution in [0.5, 0.6) is 0 Å². The molecule has 0 saturated carbocycles. The minimum atomic E-state index is -5.31. The minimum Gasteiger partial charge on any atom is -0.387 e. The highest BCUT2D eigenvalue weighted by molar-refractivity contribution is 7.61. The van der Waals surface area contributed by atoms with Crippen LogP contribution in [0, 0.1) is 0 Å². The van der Waals surface area contributed by atoms with Gasteiger partial charge >= 0.3 is 15.6 Å². The predicted octanol–water partition coefficient (Wildman–Crippen LogP) is -3.28. The highest BCUT2D eigenvalue weighted by Gasteiger charge is 2.47. The summed E-state index contributed by atoms with van der Waals surface area (Å²) < 4.78 is 48.8. The molecule has 0 radical (unpaired) electrons. The summed E-state index contributed by atoms with van der Waals surface area (Å²) in [5, 5.41) is 49.0. The van der Waals surface area contributed by atoms with Gasteiger partial charge in [0.05, 0.1) is 19.5 Å². The topological polar surface area (TPSA) is 292 Å². The average Bonchev–Trinajstić information content (AvgIpc) is 3.42. The summed E-state index contributed by atoms with van der Waals surface area (Å²) in [6.45, 7) is -1.79. The van der Waals surface area contributed by atoms with Gasteiger partial charge < -0.3 is 50.5 Å². The van der Waals surface area contributed by atoms with Crippen LogP contribution in [-0.4, -0.2) is 111 Å². The van der Waals surface area contributed by atoms with Crippen molar-refractivity contribution >= 4 is 32.6 Å². The number of nitrogens with two attached hydrogens (primary N) is 1. The lowest BCUT2D eigenvalue weighted by Crippen LogP contribution is -2.34. The maximum Gasteiger partial charge on any atom is 0.481 e. The summed E-state index contributed by atoms with van der Waals surface area (Å²) in [5.74, 6) is 0.0575. The molecule has 2 aromatic heterocycles. The van der Waals surface area contributed by atoms with Gasteiger partial charge in [0.15, 0.2) is 24.0 Å². The summed E-state index contributed by atoms with van der Waals surface area (Å²) >= 11 is 0. The monoisotopic (exact) mass is 559 g/mol. The van der Waals surface area contributed by atoms with Crippen molar-refractivity contribution in [2.24, 2.45) is 0 Å². The van der Waals surface area contributed by atoms with E-state index in [1.165, 1.54) is 10.9 Å². The zero-order valence-electron chi connectivity index (χ0n) is 17.9. The molecule has 0 aliphatic carbocycles. The average molecular weight is 559 g/mol. The van der Waals surface area contributed by atoms with E-state index in [0.29, 0.717) is 0 Å². The molecule has 2 fully saturated rings. The smallest absolute Gasteiger partial charge is 0.387 e. The quantitative estimate of drug-likeness (QED) is 0.140. The number of nitrogen functional groups attached to an aromatic ring is 1. The zero-order valence-corrected chi connectivity index (χ0v) is 19.7. The van der Waals surface area contributed by atoms with Crippen molar-refractivity contribution in [3.8, 4) is 0 Å². The Kier molecular flexibility index (Phi) is 7.78. The van der Waals surface area contributed by atoms with E-state index in [0.717, 1.165) is 6.33 Å². The Morgan fingerprint density at radius 2 is 1.47 bits per heavy atom. The van der Waals surface area contributed by atoms with Crippen molar-refractivity contribution in [1.29, 1.82) is 0 Å². The number of nitrogens with zero attached hydrogens (tertiary/aromatic N) is 4. The summed E-state index contributed by atoms with van der Waals surface area (Å²) in [6, 6.07) is 0. The third-order valence-corrected chi connectivity index (χ3v) is 7.95. The van der Waals surface area contributed by atoms with Crippen LogP contribution >= 0.6 is 15.6 Å². The van der Waals surface area contributed by atoms with Gasteiger partial charge in [-0.1, -0.05) is 0 Å². The summed E-state index contributed by atoms with van der Waals surface area (Å²) in [4.78, 5) is 31.3. The number of ether oxygens (including phenoxy) is 2. The Labute approximate surface area is 200 Å². The number of aromatic nitrogens is 4. The molecule has 0 spiro atoms. The Bertz CT molecular complexity index is 1180. The van der Waals surface area contributed by atoms with Crippen LogP contribution in [0.4, 0.5) is 5.82 Å². The maximum absolute atomic E-state index is 12.2. The Morgan fingerprint density at radius 3 is 2.06 bits per heavy atom. The standard InChI is InChI=1S/C15H23N5O14P2/c16-12-7-13(18-3-17-12)20(4-19-7)14-10(23)8(21)5(32-14)1-30-35(26,27)34-36(28,29)31-2-6-9(22)11(24)15(25)33-6/h3-6,8-11,14-15,21-25H,1-2H2,(H,26,27)(H,28,29)(H2,16,17,18)/t5-,6?,8-,9-,10-,11+,14-,15+/m0/s1. The van der Waals surface area contributed by atoms with Gasteiger partial charge in [-0.2, -0.15) is 4.31 Å². The molecule has 2 saturated heterocycles. The van der Waals surface area contributed by atoms with Crippen LogP contribution in [0.2, 0.25) is 0 Å². The van der Waals surface area contributed by atoms with Crippen LogP contribution in [0.15, 0.2) is 12.7 Å². The van der Waals surface area contributed by atoms with E-state index in [9.17, 15) is 44.4 Å². The first-order valence-electron chi connectivity index (χ1n) is 10.1. The van der Waals surface area contributed by atoms with Gasteiger partial charge in [-0.05, 0) is 0 Å². The number of aliphatic hydroxyl groups excluding tert-OH is 5. The van der Waals surface area contributed by atoms with Gasteiger partial charge in [0, 0.05) is 0 Å². The van der Waals surface area contributed by atoms with Gasteiger partial charge in [0.2, 0.25) is 0 Å². The Morgan fingerprint density at radius 1 is 0.889 bits per heavy atom. The molecule has 10 atom stereocenters. The molecule has 19 nitrogen and oxygen atoms in total. The van der Waals surface area contributed by atoms with Crippen molar-refractivity contribution in [3.63, 3.8) is 0 Å². The molecule has 0 bridgehead atoms. The summed E-state index contributed by atoms with van der Waals surface area (Å²) in [7, 11) is -10.6. The van der Waals surface area contributed by atoms with Crippen LogP contribution in [0.1, 0.15) is 6.23 Å². The molecule has 0 amide bonds. The first-order valence-corrected chi connectivity index (χ1v) is 13.1. The highest BCUT2D eigenvalue weighted by atomic mass is 31.3. The second-order valence-electron chi connectivity index (χ2n) is 7.79. The largest absolute Gasteiger partial charge is 0.481 e. The second-order valence-corrected chi connectivity index (χ2v) is 10.8. The number of rotatable bonds is 9. The van der Waals surface area contributed by atoms with E-state index < -0.39 is 78.0 Å². The molecule has 0 aromatic carbocycles. The van der Waals surface area contributed by atoms with E-state index in [4.69, 9.17) is 15.2 Å². The highest BCUT2D eigenvalue weighted by Crippen LogP contribution is 2.60. The van der Waals surface area contributed by atoms with Crippen LogP contribution in [-0.2, 0) is 32.0 Å². The number of imidazole rings is 1. The van der Waals surface area contributed by atoms with Crippen molar-refractivity contribution in [3.05, 3.63) is 12.7 Å². The number of anilines is 1. The molecule has 21 heteroatoms. The van der Waals surface area contributed by atoms with E-state index in [1.54, 1.807) is 0 Å². The molecule has 36 heavy (non-hydrogen) atoms.